The third-order valence-corrected chi connectivity index (χ3v) is 4.51. The lowest BCUT2D eigenvalue weighted by atomic mass is 10.00. The smallest absolute Gasteiger partial charge is 0.332 e. The van der Waals surface area contributed by atoms with Gasteiger partial charge in [-0.2, -0.15) is 0 Å². The first kappa shape index (κ1) is 22.1. The lowest BCUT2D eigenvalue weighted by Gasteiger charge is -2.22. The van der Waals surface area contributed by atoms with Crippen molar-refractivity contribution >= 4 is 41.8 Å². The fraction of sp³-hybridized carbons (Fsp3) is 0.500. The molecule has 8 nitrogen and oxygen atoms in total. The van der Waals surface area contributed by atoms with Gasteiger partial charge in [0.2, 0.25) is 0 Å². The summed E-state index contributed by atoms with van der Waals surface area (Å²) in [7, 11) is 2.96. The number of carbonyl (C=O) groups is 1. The Kier molecular flexibility index (Phi) is 7.80. The number of rotatable bonds is 3. The summed E-state index contributed by atoms with van der Waals surface area (Å²) in [6.07, 6.45) is 3.60. The van der Waals surface area contributed by atoms with E-state index < -0.39 is 11.2 Å². The van der Waals surface area contributed by atoms with Crippen LogP contribution in [0.5, 0.6) is 0 Å². The molecule has 144 valence electrons. The molecule has 10 heteroatoms. The Morgan fingerprint density at radius 2 is 2.04 bits per heavy atom. The minimum absolute atomic E-state index is 0. The first-order valence-electron chi connectivity index (χ1n) is 8.03. The number of pyridine rings is 1. The molecule has 0 saturated carbocycles. The molecular formula is C16H23Cl2N5O3. The highest BCUT2D eigenvalue weighted by Gasteiger charge is 2.16. The van der Waals surface area contributed by atoms with E-state index in [1.807, 2.05) is 0 Å². The maximum atomic E-state index is 12.3. The zero-order chi connectivity index (χ0) is 17.3. The highest BCUT2D eigenvalue weighted by atomic mass is 35.5. The molecule has 1 fully saturated rings. The molecule has 1 atom stereocenters. The van der Waals surface area contributed by atoms with E-state index in [9.17, 15) is 14.4 Å². The number of aromatic nitrogens is 3. The second-order valence-corrected chi connectivity index (χ2v) is 6.22. The second-order valence-electron chi connectivity index (χ2n) is 6.22. The molecule has 1 amide bonds. The fourth-order valence-electron chi connectivity index (χ4n) is 3.03. The molecule has 3 heterocycles. The summed E-state index contributed by atoms with van der Waals surface area (Å²) < 4.78 is 2.31. The van der Waals surface area contributed by atoms with Gasteiger partial charge in [-0.05, 0) is 37.9 Å². The number of halogens is 2. The summed E-state index contributed by atoms with van der Waals surface area (Å²) in [4.78, 5) is 40.6. The number of carbonyl (C=O) groups excluding carboxylic acids is 1. The van der Waals surface area contributed by atoms with Crippen molar-refractivity contribution in [3.05, 3.63) is 38.7 Å². The van der Waals surface area contributed by atoms with Crippen molar-refractivity contribution < 1.29 is 4.79 Å². The molecule has 2 N–H and O–H groups in total. The maximum absolute atomic E-state index is 12.3. The van der Waals surface area contributed by atoms with Gasteiger partial charge in [-0.3, -0.25) is 18.7 Å². The van der Waals surface area contributed by atoms with Crippen LogP contribution in [-0.4, -0.2) is 39.7 Å². The number of hydrogen-bond donors (Lipinski definition) is 2. The highest BCUT2D eigenvalue weighted by molar-refractivity contribution is 5.96. The van der Waals surface area contributed by atoms with E-state index >= 15 is 0 Å². The lowest BCUT2D eigenvalue weighted by Crippen LogP contribution is -2.38. The van der Waals surface area contributed by atoms with Gasteiger partial charge in [0.25, 0.3) is 11.5 Å². The molecule has 1 unspecified atom stereocenters. The van der Waals surface area contributed by atoms with Crippen LogP contribution in [0, 0.1) is 5.92 Å². The number of amides is 1. The van der Waals surface area contributed by atoms with E-state index in [0.29, 0.717) is 18.0 Å². The molecule has 26 heavy (non-hydrogen) atoms. The van der Waals surface area contributed by atoms with Crippen molar-refractivity contribution in [1.82, 2.24) is 24.8 Å². The number of nitrogens with zero attached hydrogens (tertiary/aromatic N) is 3. The quantitative estimate of drug-likeness (QED) is 0.762. The van der Waals surface area contributed by atoms with Crippen molar-refractivity contribution in [3.63, 3.8) is 0 Å². The standard InChI is InChI=1S/C16H21N5O3.2ClH/c1-20-13-12(15(23)21(2)16(20)24)6-11(9-18-13)14(22)19-8-10-4-3-5-17-7-10;;/h6,9-10,17H,3-5,7-8H2,1-2H3,(H,19,22);2*1H. The average Bonchev–Trinajstić information content (AvgIpc) is 2.63. The second kappa shape index (κ2) is 9.16. The maximum Gasteiger partial charge on any atom is 0.332 e. The topological polar surface area (TPSA) is 98.0 Å². The van der Waals surface area contributed by atoms with E-state index in [-0.39, 0.29) is 41.8 Å². The van der Waals surface area contributed by atoms with E-state index in [1.165, 1.54) is 23.9 Å². The van der Waals surface area contributed by atoms with Crippen LogP contribution in [0.25, 0.3) is 11.0 Å². The monoisotopic (exact) mass is 403 g/mol. The molecule has 0 aromatic carbocycles. The Balaban J connectivity index is 0.00000169. The molecule has 0 radical (unpaired) electrons. The molecular weight excluding hydrogens is 381 g/mol. The summed E-state index contributed by atoms with van der Waals surface area (Å²) in [5.74, 6) is 0.163. The van der Waals surface area contributed by atoms with Crippen LogP contribution in [0.2, 0.25) is 0 Å². The van der Waals surface area contributed by atoms with Gasteiger partial charge >= 0.3 is 5.69 Å². The third kappa shape index (κ3) is 4.25. The zero-order valence-corrected chi connectivity index (χ0v) is 16.3. The summed E-state index contributed by atoms with van der Waals surface area (Å²) in [5.41, 5.74) is -0.299. The Morgan fingerprint density at radius 3 is 2.69 bits per heavy atom. The Morgan fingerprint density at radius 1 is 1.31 bits per heavy atom. The van der Waals surface area contributed by atoms with Gasteiger partial charge in [0.05, 0.1) is 10.9 Å². The molecule has 0 aliphatic carbocycles. The largest absolute Gasteiger partial charge is 0.352 e. The van der Waals surface area contributed by atoms with Crippen LogP contribution < -0.4 is 21.9 Å². The third-order valence-electron chi connectivity index (χ3n) is 4.51. The van der Waals surface area contributed by atoms with E-state index in [0.717, 1.165) is 30.5 Å². The summed E-state index contributed by atoms with van der Waals surface area (Å²) >= 11 is 0. The number of nitrogens with one attached hydrogen (secondary N) is 2. The van der Waals surface area contributed by atoms with Crippen molar-refractivity contribution in [3.8, 4) is 0 Å². The molecule has 1 saturated heterocycles. The molecule has 0 bridgehead atoms. The van der Waals surface area contributed by atoms with Gasteiger partial charge < -0.3 is 10.6 Å². The Hall–Kier alpha value is -1.90. The molecule has 0 spiro atoms. The van der Waals surface area contributed by atoms with Crippen molar-refractivity contribution in [2.75, 3.05) is 19.6 Å². The SMILES string of the molecule is Cl.Cl.Cn1c(=O)c2cc(C(=O)NCC3CCCNC3)cnc2n(C)c1=O. The first-order chi connectivity index (χ1) is 11.5. The first-order valence-corrected chi connectivity index (χ1v) is 8.03. The van der Waals surface area contributed by atoms with Gasteiger partial charge in [-0.25, -0.2) is 9.78 Å². The predicted octanol–water partition coefficient (Wildman–Crippen LogP) is 0.205. The summed E-state index contributed by atoms with van der Waals surface area (Å²) in [6.45, 7) is 2.52. The average molecular weight is 404 g/mol. The number of piperidine rings is 1. The number of fused-ring (bicyclic) bond motifs is 1. The molecule has 1 aliphatic rings. The summed E-state index contributed by atoms with van der Waals surface area (Å²) in [5, 5.41) is 6.46. The van der Waals surface area contributed by atoms with Crippen LogP contribution in [-0.2, 0) is 14.1 Å². The van der Waals surface area contributed by atoms with Gasteiger partial charge in [0.15, 0.2) is 0 Å². The van der Waals surface area contributed by atoms with Gasteiger partial charge in [-0.1, -0.05) is 0 Å². The van der Waals surface area contributed by atoms with E-state index in [1.54, 1.807) is 7.05 Å². The number of aryl methyl sites for hydroxylation is 1. The minimum atomic E-state index is -0.452. The van der Waals surface area contributed by atoms with Crippen molar-refractivity contribution in [2.45, 2.75) is 12.8 Å². The van der Waals surface area contributed by atoms with Crippen LogP contribution in [0.3, 0.4) is 0 Å². The normalized spacial score (nSPS) is 16.5. The van der Waals surface area contributed by atoms with Crippen LogP contribution in [0.1, 0.15) is 23.2 Å². The Labute approximate surface area is 162 Å². The molecule has 3 rings (SSSR count). The molecule has 2 aromatic rings. The zero-order valence-electron chi connectivity index (χ0n) is 14.7. The van der Waals surface area contributed by atoms with Crippen LogP contribution >= 0.6 is 24.8 Å². The van der Waals surface area contributed by atoms with Gasteiger partial charge in [0.1, 0.15) is 5.65 Å². The molecule has 2 aromatic heterocycles. The predicted molar refractivity (Wildman–Crippen MR) is 105 cm³/mol. The van der Waals surface area contributed by atoms with E-state index in [2.05, 4.69) is 15.6 Å². The summed E-state index contributed by atoms with van der Waals surface area (Å²) in [6, 6.07) is 1.50. The van der Waals surface area contributed by atoms with Crippen LogP contribution in [0.4, 0.5) is 0 Å². The lowest BCUT2D eigenvalue weighted by molar-refractivity contribution is 0.0944. The van der Waals surface area contributed by atoms with Crippen molar-refractivity contribution in [1.29, 1.82) is 0 Å². The van der Waals surface area contributed by atoms with Crippen molar-refractivity contribution in [2.24, 2.45) is 20.0 Å². The van der Waals surface area contributed by atoms with Gasteiger partial charge in [-0.15, -0.1) is 24.8 Å². The number of hydrogen-bond acceptors (Lipinski definition) is 5. The Bertz CT molecular complexity index is 903. The fourth-order valence-corrected chi connectivity index (χ4v) is 3.03. The van der Waals surface area contributed by atoms with E-state index in [4.69, 9.17) is 0 Å². The molecule has 1 aliphatic heterocycles. The van der Waals surface area contributed by atoms with Crippen LogP contribution in [0.15, 0.2) is 21.9 Å². The van der Waals surface area contributed by atoms with Gasteiger partial charge in [0, 0.05) is 26.8 Å². The highest BCUT2D eigenvalue weighted by Crippen LogP contribution is 2.10. The minimum Gasteiger partial charge on any atom is -0.352 e.